The van der Waals surface area contributed by atoms with Crippen LogP contribution in [0.15, 0.2) is 22.8 Å². The van der Waals surface area contributed by atoms with Gasteiger partial charge in [0.05, 0.1) is 0 Å². The van der Waals surface area contributed by atoms with Crippen LogP contribution in [-0.2, 0) is 14.3 Å². The molecule has 0 amide bonds. The highest BCUT2D eigenvalue weighted by Crippen LogP contribution is 2.32. The Balaban J connectivity index is 2.31. The molecule has 98 valence electrons. The Morgan fingerprint density at radius 3 is 2.72 bits per heavy atom. The van der Waals surface area contributed by atoms with Gasteiger partial charge in [-0.2, -0.15) is 0 Å². The maximum Gasteiger partial charge on any atom is 0.334 e. The van der Waals surface area contributed by atoms with Gasteiger partial charge in [-0.25, -0.2) is 4.79 Å². The zero-order valence-electron chi connectivity index (χ0n) is 11.3. The topological polar surface area (TPSA) is 43.4 Å². The number of Topliss-reactive ketones (excluding diaryl/α,β-unsaturated/α-hetero) is 1. The second-order valence-corrected chi connectivity index (χ2v) is 5.42. The summed E-state index contributed by atoms with van der Waals surface area (Å²) in [6, 6.07) is 0. The maximum absolute atomic E-state index is 12.1. The average Bonchev–Trinajstić information content (AvgIpc) is 2.56. The van der Waals surface area contributed by atoms with Crippen molar-refractivity contribution in [3.05, 3.63) is 22.8 Å². The van der Waals surface area contributed by atoms with Gasteiger partial charge in [-0.05, 0) is 32.3 Å². The lowest BCUT2D eigenvalue weighted by Crippen LogP contribution is -2.19. The fraction of sp³-hybridized carbons (Fsp3) is 0.600. The molecule has 0 radical (unpaired) electrons. The number of hydrogen-bond acceptors (Lipinski definition) is 3. The molecule has 2 atom stereocenters. The first kappa shape index (κ1) is 13.1. The first-order chi connectivity index (χ1) is 8.49. The van der Waals surface area contributed by atoms with E-state index in [1.807, 2.05) is 6.92 Å². The SMILES string of the molecule is CC1=C2CC(=O)[C@H](C)CC/C=C(\C)C[C@@H]2OC1=O. The van der Waals surface area contributed by atoms with Gasteiger partial charge in [0.1, 0.15) is 11.9 Å². The minimum Gasteiger partial charge on any atom is -0.454 e. The van der Waals surface area contributed by atoms with E-state index in [9.17, 15) is 9.59 Å². The molecule has 0 bridgehead atoms. The number of esters is 1. The summed E-state index contributed by atoms with van der Waals surface area (Å²) in [6.45, 7) is 5.79. The van der Waals surface area contributed by atoms with Crippen LogP contribution in [0.5, 0.6) is 0 Å². The Morgan fingerprint density at radius 1 is 1.28 bits per heavy atom. The fourth-order valence-corrected chi connectivity index (χ4v) is 2.55. The zero-order valence-corrected chi connectivity index (χ0v) is 11.3. The second kappa shape index (κ2) is 5.09. The van der Waals surface area contributed by atoms with Crippen molar-refractivity contribution in [2.45, 2.75) is 52.6 Å². The summed E-state index contributed by atoms with van der Waals surface area (Å²) in [6.07, 6.45) is 4.85. The number of fused-ring (bicyclic) bond motifs is 1. The molecule has 0 saturated carbocycles. The molecule has 0 fully saturated rings. The normalized spacial score (nSPS) is 32.7. The summed E-state index contributed by atoms with van der Waals surface area (Å²) in [7, 11) is 0. The van der Waals surface area contributed by atoms with Gasteiger partial charge >= 0.3 is 5.97 Å². The van der Waals surface area contributed by atoms with Crippen molar-refractivity contribution in [3.63, 3.8) is 0 Å². The van der Waals surface area contributed by atoms with E-state index >= 15 is 0 Å². The van der Waals surface area contributed by atoms with Crippen molar-refractivity contribution in [2.24, 2.45) is 5.92 Å². The second-order valence-electron chi connectivity index (χ2n) is 5.42. The number of hydrogen-bond donors (Lipinski definition) is 0. The minimum absolute atomic E-state index is 0.0591. The molecule has 0 N–H and O–H groups in total. The number of ketones is 1. The van der Waals surface area contributed by atoms with Crippen LogP contribution in [0.2, 0.25) is 0 Å². The molecule has 2 rings (SSSR count). The number of carbonyl (C=O) groups excluding carboxylic acids is 2. The number of rotatable bonds is 0. The molecular weight excluding hydrogens is 228 g/mol. The monoisotopic (exact) mass is 248 g/mol. The van der Waals surface area contributed by atoms with E-state index in [0.29, 0.717) is 12.0 Å². The molecule has 1 heterocycles. The highest BCUT2D eigenvalue weighted by atomic mass is 16.5. The molecule has 0 unspecified atom stereocenters. The molecule has 1 aliphatic carbocycles. The smallest absolute Gasteiger partial charge is 0.334 e. The molecule has 0 aromatic heterocycles. The average molecular weight is 248 g/mol. The number of carbonyl (C=O) groups is 2. The number of ether oxygens (including phenoxy) is 1. The van der Waals surface area contributed by atoms with Gasteiger partial charge in [-0.1, -0.05) is 18.6 Å². The van der Waals surface area contributed by atoms with Crippen LogP contribution in [0.3, 0.4) is 0 Å². The Morgan fingerprint density at radius 2 is 2.00 bits per heavy atom. The quantitative estimate of drug-likeness (QED) is 0.489. The van der Waals surface area contributed by atoms with Gasteiger partial charge in [0, 0.05) is 24.3 Å². The summed E-state index contributed by atoms with van der Waals surface area (Å²) in [5.41, 5.74) is 2.77. The van der Waals surface area contributed by atoms with Gasteiger partial charge < -0.3 is 4.74 Å². The zero-order chi connectivity index (χ0) is 13.3. The third-order valence-electron chi connectivity index (χ3n) is 3.94. The van der Waals surface area contributed by atoms with Crippen molar-refractivity contribution >= 4 is 11.8 Å². The molecule has 1 aliphatic heterocycles. The largest absolute Gasteiger partial charge is 0.454 e. The Kier molecular flexibility index (Phi) is 3.69. The van der Waals surface area contributed by atoms with Crippen molar-refractivity contribution in [1.82, 2.24) is 0 Å². The standard InChI is InChI=1S/C15H20O3/c1-9-5-4-6-10(2)13(16)8-12-11(3)15(17)18-14(12)7-9/h5,10,14H,4,6-8H2,1-3H3/b9-5+/t10-,14+/m1/s1. The molecule has 0 aromatic carbocycles. The van der Waals surface area contributed by atoms with Gasteiger partial charge in [0.2, 0.25) is 0 Å². The van der Waals surface area contributed by atoms with Gasteiger partial charge in [-0.15, -0.1) is 0 Å². The van der Waals surface area contributed by atoms with Gasteiger partial charge in [-0.3, -0.25) is 4.79 Å². The fourth-order valence-electron chi connectivity index (χ4n) is 2.55. The van der Waals surface area contributed by atoms with Crippen LogP contribution in [-0.4, -0.2) is 17.9 Å². The van der Waals surface area contributed by atoms with Gasteiger partial charge in [0.25, 0.3) is 0 Å². The highest BCUT2D eigenvalue weighted by Gasteiger charge is 2.33. The first-order valence-electron chi connectivity index (χ1n) is 6.58. The summed E-state index contributed by atoms with van der Waals surface area (Å²) in [5, 5.41) is 0. The molecule has 0 saturated heterocycles. The molecule has 3 heteroatoms. The molecule has 0 spiro atoms. The van der Waals surface area contributed by atoms with E-state index in [1.165, 1.54) is 5.57 Å². The van der Waals surface area contributed by atoms with Crippen molar-refractivity contribution in [2.75, 3.05) is 0 Å². The molecule has 0 aromatic rings. The summed E-state index contributed by atoms with van der Waals surface area (Å²) in [4.78, 5) is 23.7. The van der Waals surface area contributed by atoms with E-state index in [2.05, 4.69) is 13.0 Å². The lowest BCUT2D eigenvalue weighted by atomic mass is 9.88. The Bertz CT molecular complexity index is 443. The van der Waals surface area contributed by atoms with E-state index in [4.69, 9.17) is 4.74 Å². The predicted octanol–water partition coefficient (Wildman–Crippen LogP) is 2.95. The van der Waals surface area contributed by atoms with Crippen LogP contribution in [0, 0.1) is 5.92 Å². The Hall–Kier alpha value is -1.38. The van der Waals surface area contributed by atoms with Crippen LogP contribution >= 0.6 is 0 Å². The van der Waals surface area contributed by atoms with E-state index < -0.39 is 0 Å². The molecule has 18 heavy (non-hydrogen) atoms. The predicted molar refractivity (Wildman–Crippen MR) is 69.0 cm³/mol. The first-order valence-corrected chi connectivity index (χ1v) is 6.58. The third-order valence-corrected chi connectivity index (χ3v) is 3.94. The van der Waals surface area contributed by atoms with Crippen molar-refractivity contribution in [3.8, 4) is 0 Å². The van der Waals surface area contributed by atoms with Crippen LogP contribution in [0.4, 0.5) is 0 Å². The van der Waals surface area contributed by atoms with Crippen molar-refractivity contribution in [1.29, 1.82) is 0 Å². The highest BCUT2D eigenvalue weighted by molar-refractivity contribution is 5.94. The summed E-state index contributed by atoms with van der Waals surface area (Å²) < 4.78 is 5.36. The van der Waals surface area contributed by atoms with Crippen LogP contribution in [0.1, 0.15) is 46.5 Å². The molecule has 3 nitrogen and oxygen atoms in total. The lowest BCUT2D eigenvalue weighted by Gasteiger charge is -2.18. The summed E-state index contributed by atoms with van der Waals surface area (Å²) in [5.74, 6) is 0.0203. The molecule has 2 aliphatic rings. The maximum atomic E-state index is 12.1. The summed E-state index contributed by atoms with van der Waals surface area (Å²) >= 11 is 0. The van der Waals surface area contributed by atoms with E-state index in [-0.39, 0.29) is 23.8 Å². The minimum atomic E-state index is -0.262. The van der Waals surface area contributed by atoms with Crippen molar-refractivity contribution < 1.29 is 14.3 Å². The van der Waals surface area contributed by atoms with Crippen LogP contribution in [0.25, 0.3) is 0 Å². The third kappa shape index (κ3) is 2.55. The van der Waals surface area contributed by atoms with Crippen LogP contribution < -0.4 is 0 Å². The molecular formula is C15H20O3. The van der Waals surface area contributed by atoms with Gasteiger partial charge in [0.15, 0.2) is 0 Å². The van der Waals surface area contributed by atoms with E-state index in [0.717, 1.165) is 24.8 Å². The lowest BCUT2D eigenvalue weighted by molar-refractivity contribution is -0.139. The van der Waals surface area contributed by atoms with E-state index in [1.54, 1.807) is 6.92 Å². The number of allylic oxidation sites excluding steroid dienone is 1. The Labute approximate surface area is 108 Å².